The normalized spacial score (nSPS) is 13.7. The van der Waals surface area contributed by atoms with Crippen LogP contribution in [0.1, 0.15) is 35.8 Å². The summed E-state index contributed by atoms with van der Waals surface area (Å²) in [6.07, 6.45) is -0.524. The molecule has 0 saturated carbocycles. The van der Waals surface area contributed by atoms with Crippen LogP contribution in [0.25, 0.3) is 0 Å². The molecule has 0 aliphatic heterocycles. The number of methoxy groups -OCH3 is 1. The van der Waals surface area contributed by atoms with Crippen LogP contribution in [0.4, 0.5) is 0 Å². The number of ether oxygens (including phenoxy) is 1. The Bertz CT molecular complexity index is 548. The molecule has 3 nitrogen and oxygen atoms in total. The predicted octanol–water partition coefficient (Wildman–Crippen LogP) is 3.39. The Labute approximate surface area is 126 Å². The van der Waals surface area contributed by atoms with E-state index in [9.17, 15) is 5.11 Å². The van der Waals surface area contributed by atoms with Crippen molar-refractivity contribution in [1.82, 2.24) is 5.32 Å². The minimum absolute atomic E-state index is 0.207. The van der Waals surface area contributed by atoms with Crippen molar-refractivity contribution in [3.63, 3.8) is 0 Å². The van der Waals surface area contributed by atoms with Crippen molar-refractivity contribution in [2.75, 3.05) is 13.7 Å². The highest BCUT2D eigenvalue weighted by Gasteiger charge is 2.10. The maximum atomic E-state index is 10.2. The van der Waals surface area contributed by atoms with Crippen LogP contribution in [-0.4, -0.2) is 18.8 Å². The lowest BCUT2D eigenvalue weighted by molar-refractivity contribution is 0.170. The van der Waals surface area contributed by atoms with E-state index in [4.69, 9.17) is 4.74 Å². The average Bonchev–Trinajstić information content (AvgIpc) is 2.53. The Hall–Kier alpha value is -1.84. The van der Waals surface area contributed by atoms with E-state index >= 15 is 0 Å². The molecule has 2 atom stereocenters. The fourth-order valence-corrected chi connectivity index (χ4v) is 2.21. The summed E-state index contributed by atoms with van der Waals surface area (Å²) in [6, 6.07) is 16.2. The molecule has 2 aromatic carbocycles. The third kappa shape index (κ3) is 4.31. The lowest BCUT2D eigenvalue weighted by Crippen LogP contribution is -2.24. The maximum Gasteiger partial charge on any atom is 0.118 e. The molecule has 2 unspecified atom stereocenters. The number of hydrogen-bond donors (Lipinski definition) is 2. The number of aliphatic hydroxyl groups is 1. The van der Waals surface area contributed by atoms with Crippen LogP contribution in [0.15, 0.2) is 48.5 Å². The van der Waals surface area contributed by atoms with Gasteiger partial charge in [0, 0.05) is 12.6 Å². The molecule has 0 amide bonds. The Morgan fingerprint density at radius 3 is 2.14 bits per heavy atom. The molecule has 21 heavy (non-hydrogen) atoms. The maximum absolute atomic E-state index is 10.2. The fourth-order valence-electron chi connectivity index (χ4n) is 2.21. The van der Waals surface area contributed by atoms with Gasteiger partial charge < -0.3 is 15.2 Å². The van der Waals surface area contributed by atoms with Gasteiger partial charge in [-0.15, -0.1) is 0 Å². The summed E-state index contributed by atoms with van der Waals surface area (Å²) in [7, 11) is 1.64. The molecule has 0 saturated heterocycles. The molecule has 2 N–H and O–H groups in total. The zero-order valence-corrected chi connectivity index (χ0v) is 12.8. The van der Waals surface area contributed by atoms with E-state index in [0.29, 0.717) is 6.54 Å². The van der Waals surface area contributed by atoms with Crippen molar-refractivity contribution >= 4 is 0 Å². The summed E-state index contributed by atoms with van der Waals surface area (Å²) in [5.41, 5.74) is 3.37. The third-order valence-electron chi connectivity index (χ3n) is 3.70. The van der Waals surface area contributed by atoms with E-state index in [1.807, 2.05) is 24.3 Å². The molecule has 0 radical (unpaired) electrons. The van der Waals surface area contributed by atoms with E-state index in [1.54, 1.807) is 7.11 Å². The minimum atomic E-state index is -0.524. The molecule has 0 aromatic heterocycles. The van der Waals surface area contributed by atoms with E-state index < -0.39 is 6.10 Å². The van der Waals surface area contributed by atoms with E-state index in [2.05, 4.69) is 43.4 Å². The quantitative estimate of drug-likeness (QED) is 0.855. The van der Waals surface area contributed by atoms with Crippen molar-refractivity contribution < 1.29 is 9.84 Å². The molecule has 0 fully saturated rings. The number of hydrogen-bond acceptors (Lipinski definition) is 3. The van der Waals surface area contributed by atoms with Crippen molar-refractivity contribution in [3.05, 3.63) is 65.2 Å². The second-order valence-electron chi connectivity index (χ2n) is 5.33. The van der Waals surface area contributed by atoms with Crippen molar-refractivity contribution in [1.29, 1.82) is 0 Å². The monoisotopic (exact) mass is 285 g/mol. The number of aliphatic hydroxyl groups excluding tert-OH is 1. The highest BCUT2D eigenvalue weighted by Crippen LogP contribution is 2.19. The summed E-state index contributed by atoms with van der Waals surface area (Å²) >= 11 is 0. The first-order valence-electron chi connectivity index (χ1n) is 7.22. The van der Waals surface area contributed by atoms with Gasteiger partial charge in [-0.3, -0.25) is 0 Å². The largest absolute Gasteiger partial charge is 0.497 e. The summed E-state index contributed by atoms with van der Waals surface area (Å²) in [4.78, 5) is 0. The van der Waals surface area contributed by atoms with Gasteiger partial charge in [-0.2, -0.15) is 0 Å². The van der Waals surface area contributed by atoms with Gasteiger partial charge >= 0.3 is 0 Å². The van der Waals surface area contributed by atoms with Gasteiger partial charge in [0.05, 0.1) is 13.2 Å². The van der Waals surface area contributed by atoms with Crippen LogP contribution in [-0.2, 0) is 0 Å². The molecule has 0 bridgehead atoms. The molecule has 2 rings (SSSR count). The topological polar surface area (TPSA) is 41.5 Å². The standard InChI is InChI=1S/C18H23NO2/c1-13-4-6-15(7-5-13)14(2)19-12-18(20)16-8-10-17(21-3)11-9-16/h4-11,14,18-20H,12H2,1-3H3. The Morgan fingerprint density at radius 1 is 1.00 bits per heavy atom. The summed E-state index contributed by atoms with van der Waals surface area (Å²) in [5.74, 6) is 0.798. The third-order valence-corrected chi connectivity index (χ3v) is 3.70. The van der Waals surface area contributed by atoms with E-state index in [1.165, 1.54) is 11.1 Å². The van der Waals surface area contributed by atoms with Gasteiger partial charge in [-0.25, -0.2) is 0 Å². The Kier molecular flexibility index (Phi) is 5.37. The molecule has 0 aliphatic carbocycles. The fraction of sp³-hybridized carbons (Fsp3) is 0.333. The SMILES string of the molecule is COc1ccc(C(O)CNC(C)c2ccc(C)cc2)cc1. The number of nitrogens with one attached hydrogen (secondary N) is 1. The van der Waals surface area contributed by atoms with Crippen LogP contribution in [0.5, 0.6) is 5.75 Å². The van der Waals surface area contributed by atoms with Gasteiger partial charge in [0.1, 0.15) is 5.75 Å². The van der Waals surface area contributed by atoms with Crippen LogP contribution in [0, 0.1) is 6.92 Å². The minimum Gasteiger partial charge on any atom is -0.497 e. The van der Waals surface area contributed by atoms with E-state index in [0.717, 1.165) is 11.3 Å². The first-order chi connectivity index (χ1) is 10.1. The smallest absolute Gasteiger partial charge is 0.118 e. The highest BCUT2D eigenvalue weighted by atomic mass is 16.5. The summed E-state index contributed by atoms with van der Waals surface area (Å²) in [5, 5.41) is 13.6. The van der Waals surface area contributed by atoms with Gasteiger partial charge in [-0.1, -0.05) is 42.0 Å². The van der Waals surface area contributed by atoms with Gasteiger partial charge in [0.2, 0.25) is 0 Å². The first kappa shape index (κ1) is 15.5. The van der Waals surface area contributed by atoms with Crippen LogP contribution in [0.3, 0.4) is 0 Å². The number of aryl methyl sites for hydroxylation is 1. The second-order valence-corrected chi connectivity index (χ2v) is 5.33. The Morgan fingerprint density at radius 2 is 1.57 bits per heavy atom. The van der Waals surface area contributed by atoms with Crippen LogP contribution in [0.2, 0.25) is 0 Å². The molecular formula is C18H23NO2. The lowest BCUT2D eigenvalue weighted by atomic mass is 10.1. The molecule has 0 aliphatic rings. The van der Waals surface area contributed by atoms with Crippen molar-refractivity contribution in [2.24, 2.45) is 0 Å². The zero-order chi connectivity index (χ0) is 15.2. The first-order valence-corrected chi connectivity index (χ1v) is 7.22. The molecule has 0 spiro atoms. The molecule has 3 heteroatoms. The summed E-state index contributed by atoms with van der Waals surface area (Å²) < 4.78 is 5.12. The highest BCUT2D eigenvalue weighted by molar-refractivity contribution is 5.28. The number of benzene rings is 2. The molecule has 2 aromatic rings. The van der Waals surface area contributed by atoms with Crippen molar-refractivity contribution in [3.8, 4) is 5.75 Å². The van der Waals surface area contributed by atoms with Crippen molar-refractivity contribution in [2.45, 2.75) is 26.0 Å². The number of rotatable bonds is 6. The van der Waals surface area contributed by atoms with Gasteiger partial charge in [0.15, 0.2) is 0 Å². The molecular weight excluding hydrogens is 262 g/mol. The average molecular weight is 285 g/mol. The lowest BCUT2D eigenvalue weighted by Gasteiger charge is -2.18. The van der Waals surface area contributed by atoms with Crippen LogP contribution < -0.4 is 10.1 Å². The molecule has 0 heterocycles. The van der Waals surface area contributed by atoms with Gasteiger partial charge in [-0.05, 0) is 37.1 Å². The Balaban J connectivity index is 1.90. The van der Waals surface area contributed by atoms with Crippen LogP contribution >= 0.6 is 0 Å². The zero-order valence-electron chi connectivity index (χ0n) is 12.8. The summed E-state index contributed by atoms with van der Waals surface area (Å²) in [6.45, 7) is 4.70. The van der Waals surface area contributed by atoms with E-state index in [-0.39, 0.29) is 6.04 Å². The second kappa shape index (κ2) is 7.25. The molecule has 112 valence electrons. The van der Waals surface area contributed by atoms with Gasteiger partial charge in [0.25, 0.3) is 0 Å². The predicted molar refractivity (Wildman–Crippen MR) is 85.6 cm³/mol.